The molecule has 0 radical (unpaired) electrons. The van der Waals surface area contributed by atoms with E-state index in [0.29, 0.717) is 5.75 Å². The molecule has 0 bridgehead atoms. The number of rotatable bonds is 8. The number of carbonyl (C=O) groups excluding carboxylic acids is 3. The fraction of sp³-hybridized carbons (Fsp3) is 0.208. The van der Waals surface area contributed by atoms with E-state index >= 15 is 0 Å². The van der Waals surface area contributed by atoms with Crippen LogP contribution in [0.3, 0.4) is 0 Å². The average molecular weight is 452 g/mol. The van der Waals surface area contributed by atoms with Crippen molar-refractivity contribution in [2.75, 3.05) is 20.8 Å². The van der Waals surface area contributed by atoms with Gasteiger partial charge in [0.15, 0.2) is 24.2 Å². The normalized spacial score (nSPS) is 11.2. The number of hydrogen-bond acceptors (Lipinski definition) is 7. The Hall–Kier alpha value is -4.27. The van der Waals surface area contributed by atoms with Crippen molar-refractivity contribution in [1.82, 2.24) is 10.9 Å². The van der Waals surface area contributed by atoms with Crippen LogP contribution in [0, 0.1) is 0 Å². The monoisotopic (exact) mass is 452 g/mol. The van der Waals surface area contributed by atoms with Crippen LogP contribution in [0.1, 0.15) is 17.3 Å². The first kappa shape index (κ1) is 23.4. The van der Waals surface area contributed by atoms with Crippen molar-refractivity contribution >= 4 is 28.6 Å². The van der Waals surface area contributed by atoms with Gasteiger partial charge >= 0.3 is 5.97 Å². The molecule has 9 nitrogen and oxygen atoms in total. The minimum absolute atomic E-state index is 0.209. The second kappa shape index (κ2) is 10.9. The highest BCUT2D eigenvalue weighted by molar-refractivity contribution is 5.96. The minimum atomic E-state index is -0.852. The maximum Gasteiger partial charge on any atom is 0.343 e. The molecule has 0 aromatic heterocycles. The van der Waals surface area contributed by atoms with E-state index in [4.69, 9.17) is 14.2 Å². The molecule has 1 unspecified atom stereocenters. The molecule has 0 aliphatic heterocycles. The molecule has 0 fully saturated rings. The van der Waals surface area contributed by atoms with Gasteiger partial charge in [-0.15, -0.1) is 0 Å². The maximum atomic E-state index is 12.4. The fourth-order valence-corrected chi connectivity index (χ4v) is 2.91. The van der Waals surface area contributed by atoms with Crippen molar-refractivity contribution in [3.05, 3.63) is 66.2 Å². The highest BCUT2D eigenvalue weighted by atomic mass is 16.6. The first-order chi connectivity index (χ1) is 15.9. The Morgan fingerprint density at radius 3 is 2.36 bits per heavy atom. The summed E-state index contributed by atoms with van der Waals surface area (Å²) in [6, 6.07) is 17.7. The quantitative estimate of drug-likeness (QED) is 0.399. The Morgan fingerprint density at radius 1 is 0.879 bits per heavy atom. The first-order valence-electron chi connectivity index (χ1n) is 10.0. The van der Waals surface area contributed by atoms with Gasteiger partial charge in [0.2, 0.25) is 0 Å². The van der Waals surface area contributed by atoms with E-state index < -0.39 is 23.9 Å². The zero-order valence-electron chi connectivity index (χ0n) is 18.4. The molecular weight excluding hydrogens is 428 g/mol. The lowest BCUT2D eigenvalue weighted by atomic mass is 10.1. The standard InChI is InChI=1S/C24H24N2O7/c1-15(33-19-10-8-16-6-4-5-7-17(16)12-19)23(28)25-26-24(29)18-9-11-20(21(13-18)30-2)32-14-22(27)31-3/h4-13,15H,14H2,1-3H3,(H,25,28)(H,26,29). The fourth-order valence-electron chi connectivity index (χ4n) is 2.91. The largest absolute Gasteiger partial charge is 0.493 e. The van der Waals surface area contributed by atoms with Gasteiger partial charge in [-0.2, -0.15) is 0 Å². The molecule has 1 atom stereocenters. The number of benzene rings is 3. The van der Waals surface area contributed by atoms with E-state index in [0.717, 1.165) is 10.8 Å². The number of nitrogens with one attached hydrogen (secondary N) is 2. The second-order valence-corrected chi connectivity index (χ2v) is 6.94. The van der Waals surface area contributed by atoms with Crippen LogP contribution in [0.2, 0.25) is 0 Å². The van der Waals surface area contributed by atoms with Crippen molar-refractivity contribution < 1.29 is 33.3 Å². The number of methoxy groups -OCH3 is 2. The van der Waals surface area contributed by atoms with Gasteiger partial charge in [0.05, 0.1) is 14.2 Å². The molecular formula is C24H24N2O7. The van der Waals surface area contributed by atoms with Crippen LogP contribution in [0.4, 0.5) is 0 Å². The zero-order chi connectivity index (χ0) is 23.8. The van der Waals surface area contributed by atoms with Gasteiger partial charge in [-0.25, -0.2) is 4.79 Å². The number of carbonyl (C=O) groups is 3. The summed E-state index contributed by atoms with van der Waals surface area (Å²) in [5.74, 6) is -0.607. The van der Waals surface area contributed by atoms with Crippen LogP contribution in [0.15, 0.2) is 60.7 Å². The van der Waals surface area contributed by atoms with Crippen molar-refractivity contribution in [2.45, 2.75) is 13.0 Å². The second-order valence-electron chi connectivity index (χ2n) is 6.94. The van der Waals surface area contributed by atoms with Gasteiger partial charge < -0.3 is 18.9 Å². The minimum Gasteiger partial charge on any atom is -0.493 e. The molecule has 2 amide bonds. The van der Waals surface area contributed by atoms with Gasteiger partial charge in [0, 0.05) is 5.56 Å². The first-order valence-corrected chi connectivity index (χ1v) is 10.0. The summed E-state index contributed by atoms with van der Waals surface area (Å²) in [4.78, 5) is 36.0. The van der Waals surface area contributed by atoms with Crippen molar-refractivity contribution in [3.8, 4) is 17.2 Å². The highest BCUT2D eigenvalue weighted by Gasteiger charge is 2.17. The molecule has 172 valence electrons. The average Bonchev–Trinajstić information content (AvgIpc) is 2.85. The third kappa shape index (κ3) is 6.13. The van der Waals surface area contributed by atoms with Crippen LogP contribution >= 0.6 is 0 Å². The molecule has 0 saturated carbocycles. The van der Waals surface area contributed by atoms with Gasteiger partial charge in [-0.3, -0.25) is 20.4 Å². The van der Waals surface area contributed by atoms with Crippen LogP contribution in [-0.2, 0) is 14.3 Å². The molecule has 0 spiro atoms. The Bertz CT molecular complexity index is 1160. The van der Waals surface area contributed by atoms with E-state index in [2.05, 4.69) is 15.6 Å². The van der Waals surface area contributed by atoms with Crippen molar-refractivity contribution in [3.63, 3.8) is 0 Å². The summed E-state index contributed by atoms with van der Waals surface area (Å²) in [6.45, 7) is 1.27. The lowest BCUT2D eigenvalue weighted by molar-refractivity contribution is -0.142. The third-order valence-corrected chi connectivity index (χ3v) is 4.70. The zero-order valence-corrected chi connectivity index (χ0v) is 18.4. The van der Waals surface area contributed by atoms with E-state index in [9.17, 15) is 14.4 Å². The maximum absolute atomic E-state index is 12.4. The Kier molecular flexibility index (Phi) is 7.69. The number of amides is 2. The van der Waals surface area contributed by atoms with E-state index in [-0.39, 0.29) is 23.7 Å². The Morgan fingerprint density at radius 2 is 1.64 bits per heavy atom. The molecule has 0 aliphatic carbocycles. The highest BCUT2D eigenvalue weighted by Crippen LogP contribution is 2.28. The molecule has 3 aromatic carbocycles. The molecule has 33 heavy (non-hydrogen) atoms. The summed E-state index contributed by atoms with van der Waals surface area (Å²) < 4.78 is 20.7. The smallest absolute Gasteiger partial charge is 0.343 e. The lowest BCUT2D eigenvalue weighted by Crippen LogP contribution is -2.47. The molecule has 0 aliphatic rings. The van der Waals surface area contributed by atoms with Crippen LogP contribution < -0.4 is 25.1 Å². The number of ether oxygens (including phenoxy) is 4. The topological polar surface area (TPSA) is 112 Å². The molecule has 3 rings (SSSR count). The van der Waals surface area contributed by atoms with Crippen LogP contribution in [-0.4, -0.2) is 44.7 Å². The summed E-state index contributed by atoms with van der Waals surface area (Å²) in [6.07, 6.45) is -0.852. The molecule has 9 heteroatoms. The van der Waals surface area contributed by atoms with Crippen molar-refractivity contribution in [2.24, 2.45) is 0 Å². The summed E-state index contributed by atoms with van der Waals surface area (Å²) in [5, 5.41) is 2.05. The molecule has 3 aromatic rings. The number of fused-ring (bicyclic) bond motifs is 1. The van der Waals surface area contributed by atoms with E-state index in [1.54, 1.807) is 13.0 Å². The molecule has 0 saturated heterocycles. The predicted molar refractivity (Wildman–Crippen MR) is 120 cm³/mol. The van der Waals surface area contributed by atoms with Gasteiger partial charge in [0.1, 0.15) is 5.75 Å². The van der Waals surface area contributed by atoms with Gasteiger partial charge in [-0.05, 0) is 48.0 Å². The van der Waals surface area contributed by atoms with E-state index in [1.165, 1.54) is 32.4 Å². The van der Waals surface area contributed by atoms with Gasteiger partial charge in [-0.1, -0.05) is 30.3 Å². The van der Waals surface area contributed by atoms with Crippen molar-refractivity contribution in [1.29, 1.82) is 0 Å². The predicted octanol–water partition coefficient (Wildman–Crippen LogP) is 2.63. The molecule has 2 N–H and O–H groups in total. The number of hydrazine groups is 1. The summed E-state index contributed by atoms with van der Waals surface area (Å²) in [7, 11) is 2.65. The van der Waals surface area contributed by atoms with Gasteiger partial charge in [0.25, 0.3) is 11.8 Å². The van der Waals surface area contributed by atoms with Crippen LogP contribution in [0.5, 0.6) is 17.2 Å². The number of hydrogen-bond donors (Lipinski definition) is 2. The number of esters is 1. The Balaban J connectivity index is 1.56. The summed E-state index contributed by atoms with van der Waals surface area (Å²) >= 11 is 0. The third-order valence-electron chi connectivity index (χ3n) is 4.70. The Labute approximate surface area is 190 Å². The summed E-state index contributed by atoms with van der Waals surface area (Å²) in [5.41, 5.74) is 4.89. The van der Waals surface area contributed by atoms with Crippen LogP contribution in [0.25, 0.3) is 10.8 Å². The lowest BCUT2D eigenvalue weighted by Gasteiger charge is -2.16. The van der Waals surface area contributed by atoms with E-state index in [1.807, 2.05) is 36.4 Å². The SMILES string of the molecule is COC(=O)COc1ccc(C(=O)NNC(=O)C(C)Oc2ccc3ccccc3c2)cc1OC. The molecule has 0 heterocycles.